The quantitative estimate of drug-likeness (QED) is 0.0898. The molecule has 0 atom stereocenters. The van der Waals surface area contributed by atoms with Crippen LogP contribution in [0.25, 0.3) is 0 Å². The first-order chi connectivity index (χ1) is 13.1. The molecule has 24 nitrogen and oxygen atoms in total. The summed E-state index contributed by atoms with van der Waals surface area (Å²) in [7, 11) is 0. The molecule has 0 aromatic heterocycles. The van der Waals surface area contributed by atoms with Gasteiger partial charge in [-0.15, -0.1) is 0 Å². The van der Waals surface area contributed by atoms with Crippen LogP contribution in [0.1, 0.15) is 6.92 Å². The van der Waals surface area contributed by atoms with E-state index in [9.17, 15) is 0 Å². The largest absolute Gasteiger partial charge is 0.412 e. The van der Waals surface area contributed by atoms with Gasteiger partial charge < -0.3 is 125 Å². The minimum Gasteiger partial charge on any atom is -0.412 e. The molecule has 0 aromatic rings. The van der Waals surface area contributed by atoms with Gasteiger partial charge in [0, 0.05) is 191 Å². The molecule has 0 bridgehead atoms. The third-order valence-corrected chi connectivity index (χ3v) is 0.897. The fourth-order valence-corrected chi connectivity index (χ4v) is 0. The number of rotatable bonds is 5. The van der Waals surface area contributed by atoms with Gasteiger partial charge in [0.05, 0.1) is 33.0 Å². The normalized spacial score (nSPS) is 6.13. The SMILES string of the molecule is CC(O)O.O.O.O.O.O.O.O.OC(O)C(O)O.OC(O)C(O)O.OCC(O)O.OCCO.OCCO.[Ag].[Ag].[Ag].[Ag].[Ag].[Ag].[Ag].[Cr].[Cr]. The predicted octanol–water partition coefficient (Wildman–Crippen LogP) is -15.0. The van der Waals surface area contributed by atoms with Crippen molar-refractivity contribution in [3.05, 3.63) is 0 Å². The Morgan fingerprint density at radius 2 is 0.400 bits per heavy atom. The first kappa shape index (κ1) is 153. The van der Waals surface area contributed by atoms with Crippen molar-refractivity contribution in [2.24, 2.45) is 0 Å². The van der Waals surface area contributed by atoms with E-state index in [-0.39, 0.29) is 256 Å². The first-order valence-corrected chi connectivity index (χ1v) is 7.33. The van der Waals surface area contributed by atoms with E-state index in [1.165, 1.54) is 6.92 Å². The van der Waals surface area contributed by atoms with Gasteiger partial charge in [-0.05, 0) is 6.92 Å². The second-order valence-electron chi connectivity index (χ2n) is 3.84. The van der Waals surface area contributed by atoms with E-state index in [1.54, 1.807) is 0 Å². The van der Waals surface area contributed by atoms with Gasteiger partial charge in [-0.2, -0.15) is 0 Å². The smallest absolute Gasteiger partial charge is 0.204 e. The maximum atomic E-state index is 7.69. The van der Waals surface area contributed by atoms with Crippen LogP contribution in [0.4, 0.5) is 0 Å². The Hall–Kier alpha value is 5.29. The van der Waals surface area contributed by atoms with E-state index < -0.39 is 44.3 Å². The standard InChI is InChI=1S/2C2H6O4.C2H6O3.3C2H6O2.7Ag.2Cr.7H2O/c2*3-1(4)2(5)6;3-1-2(4)5;1-2(3)4;2*3-1-2-4;;;;;;;;;;;;;;;;/h2*1-6H;2-5H,1H2;2-4H,1H3;2*3-4H,1-2H2;;;;;;;;;;7*1H2. The molecule has 331 valence electrons. The van der Waals surface area contributed by atoms with Crippen LogP contribution >= 0.6 is 0 Å². The summed E-state index contributed by atoms with van der Waals surface area (Å²) < 4.78 is 0. The molecule has 0 rings (SSSR count). The molecule has 0 aliphatic carbocycles. The summed E-state index contributed by atoms with van der Waals surface area (Å²) in [6, 6.07) is 0. The van der Waals surface area contributed by atoms with Crippen molar-refractivity contribution >= 4 is 0 Å². The molecule has 0 spiro atoms. The summed E-state index contributed by atoms with van der Waals surface area (Å²) in [5, 5.41) is 130. The third-order valence-electron chi connectivity index (χ3n) is 0.897. The summed E-state index contributed by atoms with van der Waals surface area (Å²) in [5.41, 5.74) is 0. The molecule has 0 aliphatic heterocycles. The van der Waals surface area contributed by atoms with Gasteiger partial charge in [0.2, 0.25) is 25.2 Å². The zero-order valence-electron chi connectivity index (χ0n) is 22.0. The van der Waals surface area contributed by atoms with Gasteiger partial charge in [-0.25, -0.2) is 0 Å². The van der Waals surface area contributed by atoms with Crippen LogP contribution in [-0.2, 0) is 191 Å². The summed E-state index contributed by atoms with van der Waals surface area (Å²) in [4.78, 5) is 0. The van der Waals surface area contributed by atoms with Gasteiger partial charge >= 0.3 is 0 Å². The van der Waals surface area contributed by atoms with Crippen molar-refractivity contribution in [3.8, 4) is 0 Å². The first-order valence-electron chi connectivity index (χ1n) is 7.33. The van der Waals surface area contributed by atoms with Crippen LogP contribution in [0, 0.1) is 0 Å². The van der Waals surface area contributed by atoms with E-state index in [2.05, 4.69) is 0 Å². The van der Waals surface area contributed by atoms with E-state index in [0.29, 0.717) is 0 Å². The van der Waals surface area contributed by atoms with Crippen LogP contribution in [0.15, 0.2) is 0 Å². The summed E-state index contributed by atoms with van der Waals surface area (Å²) in [6.07, 6.45) is -10.9. The molecular formula is C12H50Ag7Cr2O24. The fourth-order valence-electron chi connectivity index (χ4n) is 0. The molecule has 0 aromatic carbocycles. The van der Waals surface area contributed by atoms with Crippen molar-refractivity contribution in [2.75, 3.05) is 33.0 Å². The van der Waals surface area contributed by atoms with Crippen molar-refractivity contribution in [1.82, 2.24) is 0 Å². The molecule has 0 unspecified atom stereocenters. The zero-order chi connectivity index (χ0) is 25.0. The van der Waals surface area contributed by atoms with Crippen LogP contribution in [0.3, 0.4) is 0 Å². The van der Waals surface area contributed by atoms with E-state index in [0.717, 1.165) is 0 Å². The molecule has 0 saturated heterocycles. The van der Waals surface area contributed by atoms with Crippen LogP contribution in [0.2, 0.25) is 0 Å². The van der Waals surface area contributed by atoms with E-state index in [4.69, 9.17) is 86.8 Å². The van der Waals surface area contributed by atoms with Crippen molar-refractivity contribution in [2.45, 2.75) is 44.7 Å². The zero-order valence-corrected chi connectivity index (χ0v) is 35.0. The number of aliphatic hydroxyl groups is 17. The maximum absolute atomic E-state index is 7.69. The Morgan fingerprint density at radius 3 is 0.400 bits per heavy atom. The minimum atomic E-state index is -2.04. The minimum absolute atomic E-state index is 0. The van der Waals surface area contributed by atoms with Crippen molar-refractivity contribution in [1.29, 1.82) is 0 Å². The summed E-state index contributed by atoms with van der Waals surface area (Å²) in [5.74, 6) is 0. The Balaban J connectivity index is -0.00000000662. The molecule has 31 N–H and O–H groups in total. The molecule has 0 saturated carbocycles. The monoisotopic (exact) mass is 1430 g/mol. The van der Waals surface area contributed by atoms with Crippen molar-refractivity contribution in [3.63, 3.8) is 0 Å². The molecule has 0 amide bonds. The molecule has 0 heterocycles. The third kappa shape index (κ3) is 369. The molecular weight excluding hydrogens is 1390 g/mol. The molecule has 7 radical (unpaired) electrons. The number of aliphatic hydroxyl groups excluding tert-OH is 11. The fraction of sp³-hybridized carbons (Fsp3) is 1.00. The molecule has 0 fully saturated rings. The topological polar surface area (TPSA) is 564 Å². The van der Waals surface area contributed by atoms with Gasteiger partial charge in [-0.1, -0.05) is 0 Å². The summed E-state index contributed by atoms with van der Waals surface area (Å²) >= 11 is 0. The second kappa shape index (κ2) is 144. The molecule has 0 aliphatic rings. The number of hydrogen-bond acceptors (Lipinski definition) is 17. The van der Waals surface area contributed by atoms with E-state index >= 15 is 0 Å². The molecule has 33 heteroatoms. The Morgan fingerprint density at radius 1 is 0.333 bits per heavy atom. The van der Waals surface area contributed by atoms with Crippen LogP contribution < -0.4 is 0 Å². The number of hydrogen-bond donors (Lipinski definition) is 17. The second-order valence-corrected chi connectivity index (χ2v) is 3.84. The Kier molecular flexibility index (Phi) is 487. The van der Waals surface area contributed by atoms with Crippen LogP contribution in [0.5, 0.6) is 0 Å². The maximum Gasteiger partial charge on any atom is 0.204 e. The average Bonchev–Trinajstić information content (AvgIpc) is 2.62. The van der Waals surface area contributed by atoms with Crippen molar-refractivity contribution < 1.29 is 317 Å². The Labute approximate surface area is 389 Å². The predicted molar refractivity (Wildman–Crippen MR) is 116 cm³/mol. The molecule has 45 heavy (non-hydrogen) atoms. The van der Waals surface area contributed by atoms with Gasteiger partial charge in [0.15, 0.2) is 6.29 Å². The van der Waals surface area contributed by atoms with Gasteiger partial charge in [0.1, 0.15) is 6.29 Å². The van der Waals surface area contributed by atoms with Gasteiger partial charge in [-0.3, -0.25) is 0 Å². The van der Waals surface area contributed by atoms with E-state index in [1.807, 2.05) is 0 Å². The summed E-state index contributed by atoms with van der Waals surface area (Å²) in [6.45, 7) is 0.194. The Bertz CT molecular complexity index is 234. The average molecular weight is 1440 g/mol. The van der Waals surface area contributed by atoms with Crippen LogP contribution in [-0.4, -0.2) is 196 Å². The van der Waals surface area contributed by atoms with Gasteiger partial charge in [0.25, 0.3) is 0 Å².